The van der Waals surface area contributed by atoms with Crippen LogP contribution in [-0.4, -0.2) is 44.9 Å². The second kappa shape index (κ2) is 7.34. The highest BCUT2D eigenvalue weighted by atomic mass is 16.4. The summed E-state index contributed by atoms with van der Waals surface area (Å²) in [5.41, 5.74) is 0. The summed E-state index contributed by atoms with van der Waals surface area (Å²) in [6.45, 7) is 4.02. The molecule has 0 aromatic carbocycles. The van der Waals surface area contributed by atoms with E-state index in [1.54, 1.807) is 6.92 Å². The van der Waals surface area contributed by atoms with Crippen LogP contribution in [0.25, 0.3) is 0 Å². The van der Waals surface area contributed by atoms with Crippen molar-refractivity contribution in [2.45, 2.75) is 32.7 Å². The van der Waals surface area contributed by atoms with Gasteiger partial charge in [-0.15, -0.1) is 0 Å². The first-order chi connectivity index (χ1) is 9.04. The van der Waals surface area contributed by atoms with Crippen LogP contribution in [0.2, 0.25) is 0 Å². The summed E-state index contributed by atoms with van der Waals surface area (Å²) in [6, 6.07) is -1.37. The zero-order valence-electron chi connectivity index (χ0n) is 11.0. The maximum atomic E-state index is 11.6. The number of aromatic nitrogens is 3. The molecule has 19 heavy (non-hydrogen) atoms. The molecule has 106 valence electrons. The molecular weight excluding hydrogens is 250 g/mol. The minimum atomic E-state index is -1.03. The Bertz CT molecular complexity index is 406. The van der Waals surface area contributed by atoms with Crippen molar-refractivity contribution in [2.24, 2.45) is 5.92 Å². The topological polar surface area (TPSA) is 120 Å². The van der Waals surface area contributed by atoms with Crippen LogP contribution in [0.5, 0.6) is 0 Å². The Morgan fingerprint density at radius 1 is 1.53 bits per heavy atom. The number of carbonyl (C=O) groups excluding carboxylic acids is 1. The van der Waals surface area contributed by atoms with Gasteiger partial charge in [-0.1, -0.05) is 20.3 Å². The number of urea groups is 1. The fraction of sp³-hybridized carbons (Fsp3) is 0.636. The van der Waals surface area contributed by atoms with Crippen molar-refractivity contribution in [3.8, 4) is 0 Å². The lowest BCUT2D eigenvalue weighted by molar-refractivity contribution is -0.140. The van der Waals surface area contributed by atoms with Crippen LogP contribution in [0, 0.1) is 5.92 Å². The smallest absolute Gasteiger partial charge is 0.326 e. The van der Waals surface area contributed by atoms with Crippen LogP contribution in [0.1, 0.15) is 26.1 Å². The van der Waals surface area contributed by atoms with E-state index in [4.69, 9.17) is 5.11 Å². The fourth-order valence-corrected chi connectivity index (χ4v) is 1.52. The molecule has 4 N–H and O–H groups in total. The molecule has 0 radical (unpaired) electrons. The first-order valence-corrected chi connectivity index (χ1v) is 6.16. The predicted octanol–water partition coefficient (Wildman–Crippen LogP) is 0.146. The molecule has 0 bridgehead atoms. The highest BCUT2D eigenvalue weighted by molar-refractivity contribution is 5.82. The summed E-state index contributed by atoms with van der Waals surface area (Å²) in [7, 11) is 0. The number of amides is 2. The van der Waals surface area contributed by atoms with E-state index in [0.29, 0.717) is 25.2 Å². The van der Waals surface area contributed by atoms with Gasteiger partial charge in [0, 0.05) is 13.0 Å². The SMILES string of the molecule is CCC(C)[C@H](NC(=O)NCCc1ncn[nH]1)C(=O)O. The van der Waals surface area contributed by atoms with Crippen LogP contribution in [-0.2, 0) is 11.2 Å². The molecule has 2 atom stereocenters. The van der Waals surface area contributed by atoms with E-state index in [-0.39, 0.29) is 5.92 Å². The van der Waals surface area contributed by atoms with Gasteiger partial charge in [0.25, 0.3) is 0 Å². The molecule has 1 aromatic heterocycles. The summed E-state index contributed by atoms with van der Waals surface area (Å²) in [5, 5.41) is 20.4. The molecule has 2 amide bonds. The van der Waals surface area contributed by atoms with Crippen molar-refractivity contribution in [3.63, 3.8) is 0 Å². The molecule has 0 spiro atoms. The number of rotatable bonds is 7. The second-order valence-electron chi connectivity index (χ2n) is 4.28. The Morgan fingerprint density at radius 3 is 2.79 bits per heavy atom. The third-order valence-corrected chi connectivity index (χ3v) is 2.88. The molecular formula is C11H19N5O3. The quantitative estimate of drug-likeness (QED) is 0.561. The van der Waals surface area contributed by atoms with E-state index in [9.17, 15) is 9.59 Å². The Kier molecular flexibility index (Phi) is 5.77. The van der Waals surface area contributed by atoms with Crippen molar-refractivity contribution >= 4 is 12.0 Å². The Balaban J connectivity index is 2.34. The van der Waals surface area contributed by atoms with Crippen molar-refractivity contribution < 1.29 is 14.7 Å². The number of hydrogen-bond donors (Lipinski definition) is 4. The van der Waals surface area contributed by atoms with Crippen LogP contribution in [0.15, 0.2) is 6.33 Å². The highest BCUT2D eigenvalue weighted by Crippen LogP contribution is 2.07. The molecule has 0 aliphatic carbocycles. The van der Waals surface area contributed by atoms with Gasteiger partial charge < -0.3 is 15.7 Å². The monoisotopic (exact) mass is 269 g/mol. The molecule has 0 aliphatic rings. The van der Waals surface area contributed by atoms with E-state index < -0.39 is 18.0 Å². The number of nitrogens with one attached hydrogen (secondary N) is 3. The first-order valence-electron chi connectivity index (χ1n) is 6.16. The molecule has 1 aromatic rings. The lowest BCUT2D eigenvalue weighted by Crippen LogP contribution is -2.49. The molecule has 0 saturated carbocycles. The van der Waals surface area contributed by atoms with Crippen LogP contribution in [0.3, 0.4) is 0 Å². The van der Waals surface area contributed by atoms with Gasteiger partial charge in [0.15, 0.2) is 0 Å². The number of nitrogens with zero attached hydrogens (tertiary/aromatic N) is 2. The number of H-pyrrole nitrogens is 1. The summed E-state index contributed by atoms with van der Waals surface area (Å²) in [4.78, 5) is 26.5. The van der Waals surface area contributed by atoms with Gasteiger partial charge >= 0.3 is 12.0 Å². The lowest BCUT2D eigenvalue weighted by atomic mass is 9.99. The largest absolute Gasteiger partial charge is 0.480 e. The number of carbonyl (C=O) groups is 2. The number of carboxylic acid groups (broad SMARTS) is 1. The minimum Gasteiger partial charge on any atom is -0.480 e. The molecule has 1 unspecified atom stereocenters. The van der Waals surface area contributed by atoms with Crippen LogP contribution < -0.4 is 10.6 Å². The summed E-state index contributed by atoms with van der Waals surface area (Å²) in [6.07, 6.45) is 2.57. The number of aliphatic carboxylic acids is 1. The molecule has 0 aliphatic heterocycles. The number of carboxylic acids is 1. The van der Waals surface area contributed by atoms with Gasteiger partial charge in [-0.05, 0) is 5.92 Å². The molecule has 8 nitrogen and oxygen atoms in total. The van der Waals surface area contributed by atoms with E-state index in [0.717, 1.165) is 0 Å². The molecule has 0 fully saturated rings. The zero-order valence-corrected chi connectivity index (χ0v) is 11.0. The van der Waals surface area contributed by atoms with E-state index in [1.165, 1.54) is 6.33 Å². The second-order valence-corrected chi connectivity index (χ2v) is 4.28. The number of hydrogen-bond acceptors (Lipinski definition) is 4. The summed E-state index contributed by atoms with van der Waals surface area (Å²) in [5.74, 6) is -0.491. The predicted molar refractivity (Wildman–Crippen MR) is 67.5 cm³/mol. The van der Waals surface area contributed by atoms with Crippen molar-refractivity contribution in [3.05, 3.63) is 12.2 Å². The fourth-order valence-electron chi connectivity index (χ4n) is 1.52. The standard InChI is InChI=1S/C11H19N5O3/c1-3-7(2)9(10(17)18)15-11(19)12-5-4-8-13-6-14-16-8/h6-7,9H,3-5H2,1-2H3,(H,17,18)(H2,12,15,19)(H,13,14,16)/t7?,9-/m0/s1. The van der Waals surface area contributed by atoms with Gasteiger partial charge in [0.1, 0.15) is 18.2 Å². The highest BCUT2D eigenvalue weighted by Gasteiger charge is 2.24. The van der Waals surface area contributed by atoms with Gasteiger partial charge in [-0.2, -0.15) is 5.10 Å². The normalized spacial score (nSPS) is 13.6. The van der Waals surface area contributed by atoms with E-state index >= 15 is 0 Å². The third kappa shape index (κ3) is 4.94. The number of aromatic amines is 1. The summed E-state index contributed by atoms with van der Waals surface area (Å²) < 4.78 is 0. The average molecular weight is 269 g/mol. The summed E-state index contributed by atoms with van der Waals surface area (Å²) >= 11 is 0. The molecule has 0 saturated heterocycles. The van der Waals surface area contributed by atoms with E-state index in [1.807, 2.05) is 6.92 Å². The van der Waals surface area contributed by atoms with Gasteiger partial charge in [0.05, 0.1) is 0 Å². The maximum Gasteiger partial charge on any atom is 0.326 e. The van der Waals surface area contributed by atoms with Crippen LogP contribution >= 0.6 is 0 Å². The third-order valence-electron chi connectivity index (χ3n) is 2.88. The first kappa shape index (κ1) is 14.9. The van der Waals surface area contributed by atoms with Crippen LogP contribution in [0.4, 0.5) is 4.79 Å². The molecule has 1 rings (SSSR count). The van der Waals surface area contributed by atoms with Crippen molar-refractivity contribution in [1.29, 1.82) is 0 Å². The van der Waals surface area contributed by atoms with E-state index in [2.05, 4.69) is 25.8 Å². The Morgan fingerprint density at radius 2 is 2.26 bits per heavy atom. The van der Waals surface area contributed by atoms with Gasteiger partial charge in [-0.25, -0.2) is 14.6 Å². The maximum absolute atomic E-state index is 11.6. The zero-order chi connectivity index (χ0) is 14.3. The molecule has 1 heterocycles. The van der Waals surface area contributed by atoms with Gasteiger partial charge in [-0.3, -0.25) is 5.10 Å². The van der Waals surface area contributed by atoms with Crippen molar-refractivity contribution in [2.75, 3.05) is 6.54 Å². The van der Waals surface area contributed by atoms with Crippen molar-refractivity contribution in [1.82, 2.24) is 25.8 Å². The molecule has 8 heteroatoms. The average Bonchev–Trinajstić information content (AvgIpc) is 2.87. The minimum absolute atomic E-state index is 0.127. The Hall–Kier alpha value is -2.12. The lowest BCUT2D eigenvalue weighted by Gasteiger charge is -2.20. The van der Waals surface area contributed by atoms with Gasteiger partial charge in [0.2, 0.25) is 0 Å². The Labute approximate surface area is 111 Å².